The molecule has 2 atom stereocenters. The highest BCUT2D eigenvalue weighted by atomic mass is 35.5. The predicted octanol–water partition coefficient (Wildman–Crippen LogP) is 1.08. The van der Waals surface area contributed by atoms with Gasteiger partial charge in [-0.3, -0.25) is 4.79 Å². The fourth-order valence-corrected chi connectivity index (χ4v) is 4.36. The molecule has 1 amide bonds. The molecule has 3 rings (SSSR count). The van der Waals surface area contributed by atoms with E-state index in [4.69, 9.17) is 21.1 Å². The van der Waals surface area contributed by atoms with E-state index in [0.29, 0.717) is 49.1 Å². The second-order valence-electron chi connectivity index (χ2n) is 6.35. The molecular weight excluding hydrogens is 368 g/mol. The number of halogens is 1. The number of amides is 1. The van der Waals surface area contributed by atoms with Gasteiger partial charge in [0.1, 0.15) is 5.75 Å². The molecule has 1 aromatic carbocycles. The summed E-state index contributed by atoms with van der Waals surface area (Å²) >= 11 is 6.17. The van der Waals surface area contributed by atoms with Crippen molar-refractivity contribution >= 4 is 27.5 Å². The number of hydrogen-bond acceptors (Lipinski definition) is 5. The molecule has 9 heteroatoms. The Hall–Kier alpha value is -1.35. The second-order valence-corrected chi connectivity index (χ2v) is 8.74. The monoisotopic (exact) mass is 388 g/mol. The maximum Gasteiger partial charge on any atom is 0.255 e. The standard InChI is InChI=1S/C16H21ClN2O5S/c1-23-12-3-4-14(17)13(7-12)16(20)18-8-11-9-19(25(2,21)22)5-6-24-15(11)10-18/h3-4,7,11,15H,5-6,8-10H2,1-2H3/t11-,15-/m1/s1. The molecule has 0 unspecified atom stereocenters. The number of carbonyl (C=O) groups excluding carboxylic acids is 1. The molecule has 0 saturated carbocycles. The van der Waals surface area contributed by atoms with E-state index in [2.05, 4.69) is 0 Å². The normalized spacial score (nSPS) is 24.7. The average Bonchev–Trinajstić information content (AvgIpc) is 2.85. The summed E-state index contributed by atoms with van der Waals surface area (Å²) in [5, 5.41) is 0.358. The van der Waals surface area contributed by atoms with Gasteiger partial charge < -0.3 is 14.4 Å². The molecule has 138 valence electrons. The minimum absolute atomic E-state index is 0.0504. The van der Waals surface area contributed by atoms with Gasteiger partial charge in [-0.25, -0.2) is 8.42 Å². The Bertz CT molecular complexity index is 770. The zero-order chi connectivity index (χ0) is 18.2. The molecule has 0 radical (unpaired) electrons. The molecule has 7 nitrogen and oxygen atoms in total. The van der Waals surface area contributed by atoms with Gasteiger partial charge in [-0.05, 0) is 18.2 Å². The van der Waals surface area contributed by atoms with Crippen LogP contribution in [-0.4, -0.2) is 75.8 Å². The van der Waals surface area contributed by atoms with Gasteiger partial charge in [0.05, 0.1) is 36.7 Å². The van der Waals surface area contributed by atoms with Crippen molar-refractivity contribution in [2.24, 2.45) is 5.92 Å². The van der Waals surface area contributed by atoms with Gasteiger partial charge in [-0.15, -0.1) is 0 Å². The fraction of sp³-hybridized carbons (Fsp3) is 0.562. The molecule has 0 bridgehead atoms. The number of carbonyl (C=O) groups is 1. The molecule has 0 spiro atoms. The van der Waals surface area contributed by atoms with Gasteiger partial charge in [0, 0.05) is 32.1 Å². The van der Waals surface area contributed by atoms with Crippen molar-refractivity contribution in [3.05, 3.63) is 28.8 Å². The Labute approximate surface area is 152 Å². The van der Waals surface area contributed by atoms with Gasteiger partial charge in [0.2, 0.25) is 10.0 Å². The maximum atomic E-state index is 12.8. The Kier molecular flexibility index (Phi) is 5.24. The molecule has 25 heavy (non-hydrogen) atoms. The highest BCUT2D eigenvalue weighted by molar-refractivity contribution is 7.88. The third-order valence-corrected chi connectivity index (χ3v) is 6.25. The van der Waals surface area contributed by atoms with Crippen molar-refractivity contribution < 1.29 is 22.7 Å². The number of rotatable bonds is 3. The Morgan fingerprint density at radius 2 is 2.08 bits per heavy atom. The predicted molar refractivity (Wildman–Crippen MR) is 93.6 cm³/mol. The van der Waals surface area contributed by atoms with Gasteiger partial charge in [-0.2, -0.15) is 4.31 Å². The number of ether oxygens (including phenoxy) is 2. The first-order chi connectivity index (χ1) is 11.8. The van der Waals surface area contributed by atoms with Crippen LogP contribution in [0.2, 0.25) is 5.02 Å². The lowest BCUT2D eigenvalue weighted by Gasteiger charge is -2.21. The van der Waals surface area contributed by atoms with E-state index in [9.17, 15) is 13.2 Å². The molecule has 2 heterocycles. The van der Waals surface area contributed by atoms with Gasteiger partial charge >= 0.3 is 0 Å². The van der Waals surface area contributed by atoms with Crippen LogP contribution in [0.5, 0.6) is 5.75 Å². The SMILES string of the molecule is COc1ccc(Cl)c(C(=O)N2C[C@@H]3CN(S(C)(=O)=O)CCO[C@@H]3C2)c1. The number of nitrogens with zero attached hydrogens (tertiary/aromatic N) is 2. The summed E-state index contributed by atoms with van der Waals surface area (Å²) in [7, 11) is -1.75. The highest BCUT2D eigenvalue weighted by Gasteiger charge is 2.40. The molecule has 0 aliphatic carbocycles. The van der Waals surface area contributed by atoms with Crippen LogP contribution < -0.4 is 4.74 Å². The summed E-state index contributed by atoms with van der Waals surface area (Å²) in [6.45, 7) is 1.90. The lowest BCUT2D eigenvalue weighted by atomic mass is 10.1. The average molecular weight is 389 g/mol. The minimum Gasteiger partial charge on any atom is -0.497 e. The number of fused-ring (bicyclic) bond motifs is 1. The zero-order valence-electron chi connectivity index (χ0n) is 14.1. The second kappa shape index (κ2) is 7.11. The summed E-state index contributed by atoms with van der Waals surface area (Å²) in [5.41, 5.74) is 0.373. The summed E-state index contributed by atoms with van der Waals surface area (Å²) in [6.07, 6.45) is 1.03. The van der Waals surface area contributed by atoms with Crippen molar-refractivity contribution in [2.45, 2.75) is 6.10 Å². The highest BCUT2D eigenvalue weighted by Crippen LogP contribution is 2.29. The van der Waals surface area contributed by atoms with Crippen molar-refractivity contribution in [1.82, 2.24) is 9.21 Å². The number of hydrogen-bond donors (Lipinski definition) is 0. The molecule has 1 aromatic rings. The molecular formula is C16H21ClN2O5S. The van der Waals surface area contributed by atoms with Gasteiger partial charge in [-0.1, -0.05) is 11.6 Å². The molecule has 2 fully saturated rings. The van der Waals surface area contributed by atoms with E-state index in [1.54, 1.807) is 23.1 Å². The largest absolute Gasteiger partial charge is 0.497 e. The topological polar surface area (TPSA) is 76.2 Å². The minimum atomic E-state index is -3.28. The maximum absolute atomic E-state index is 12.8. The molecule has 2 saturated heterocycles. The number of sulfonamides is 1. The van der Waals surface area contributed by atoms with Crippen LogP contribution >= 0.6 is 11.6 Å². The summed E-state index contributed by atoms with van der Waals surface area (Å²) in [6, 6.07) is 4.94. The van der Waals surface area contributed by atoms with E-state index in [0.717, 1.165) is 0 Å². The van der Waals surface area contributed by atoms with Crippen LogP contribution in [0.4, 0.5) is 0 Å². The first-order valence-electron chi connectivity index (χ1n) is 7.99. The van der Waals surface area contributed by atoms with E-state index in [-0.39, 0.29) is 17.9 Å². The number of methoxy groups -OCH3 is 1. The Balaban J connectivity index is 1.77. The summed E-state index contributed by atoms with van der Waals surface area (Å²) in [5.74, 6) is 0.303. The van der Waals surface area contributed by atoms with Gasteiger partial charge in [0.15, 0.2) is 0 Å². The van der Waals surface area contributed by atoms with Crippen molar-refractivity contribution in [3.8, 4) is 5.75 Å². The van der Waals surface area contributed by atoms with E-state index < -0.39 is 10.0 Å². The lowest BCUT2D eigenvalue weighted by molar-refractivity contribution is 0.0492. The lowest BCUT2D eigenvalue weighted by Crippen LogP contribution is -2.37. The smallest absolute Gasteiger partial charge is 0.255 e. The Morgan fingerprint density at radius 1 is 1.32 bits per heavy atom. The van der Waals surface area contributed by atoms with Crippen LogP contribution in [0.15, 0.2) is 18.2 Å². The van der Waals surface area contributed by atoms with Crippen LogP contribution in [0, 0.1) is 5.92 Å². The molecule has 2 aliphatic rings. The van der Waals surface area contributed by atoms with Crippen LogP contribution in [-0.2, 0) is 14.8 Å². The summed E-state index contributed by atoms with van der Waals surface area (Å²) in [4.78, 5) is 14.5. The third kappa shape index (κ3) is 3.92. The molecule has 0 N–H and O–H groups in total. The van der Waals surface area contributed by atoms with Crippen molar-refractivity contribution in [1.29, 1.82) is 0 Å². The van der Waals surface area contributed by atoms with Crippen LogP contribution in [0.3, 0.4) is 0 Å². The van der Waals surface area contributed by atoms with Crippen molar-refractivity contribution in [2.75, 3.05) is 46.2 Å². The third-order valence-electron chi connectivity index (χ3n) is 4.65. The van der Waals surface area contributed by atoms with Gasteiger partial charge in [0.25, 0.3) is 5.91 Å². The van der Waals surface area contributed by atoms with Crippen LogP contribution in [0.1, 0.15) is 10.4 Å². The number of likely N-dealkylation sites (tertiary alicyclic amines) is 1. The first kappa shape index (κ1) is 18.4. The quantitative estimate of drug-likeness (QED) is 0.774. The fourth-order valence-electron chi connectivity index (χ4n) is 3.30. The number of benzene rings is 1. The van der Waals surface area contributed by atoms with Crippen LogP contribution in [0.25, 0.3) is 0 Å². The van der Waals surface area contributed by atoms with Crippen molar-refractivity contribution in [3.63, 3.8) is 0 Å². The van der Waals surface area contributed by atoms with E-state index >= 15 is 0 Å². The Morgan fingerprint density at radius 3 is 2.76 bits per heavy atom. The first-order valence-corrected chi connectivity index (χ1v) is 10.2. The zero-order valence-corrected chi connectivity index (χ0v) is 15.7. The molecule has 0 aromatic heterocycles. The van der Waals surface area contributed by atoms with E-state index in [1.807, 2.05) is 0 Å². The van der Waals surface area contributed by atoms with E-state index in [1.165, 1.54) is 17.7 Å². The summed E-state index contributed by atoms with van der Waals surface area (Å²) < 4.78 is 36.0. The molecule has 2 aliphatic heterocycles.